The van der Waals surface area contributed by atoms with Gasteiger partial charge in [-0.1, -0.05) is 59.3 Å². The van der Waals surface area contributed by atoms with Crippen LogP contribution in [0.25, 0.3) is 16.0 Å². The first-order chi connectivity index (χ1) is 19.1. The average molecular weight is 585 g/mol. The number of fused-ring (bicyclic) bond motifs is 1. The minimum absolute atomic E-state index is 0.0405. The van der Waals surface area contributed by atoms with Gasteiger partial charge in [0.2, 0.25) is 0 Å². The standard InChI is InChI=1S/C28H20ClF3N4O3S/c1-16-25(26(38)33-14-17-5-3-2-4-6-17)40-27(34-16)36-10-9-19(12-24(36)37)39-15-18-7-8-22-20(11-18)21(29)13-23(35-22)28(30,31)32/h2-13H,14-15H2,1H3,(H,33,38). The fraction of sp³-hybridized carbons (Fsp3) is 0.143. The molecule has 0 aliphatic carbocycles. The van der Waals surface area contributed by atoms with Crippen molar-refractivity contribution in [2.75, 3.05) is 0 Å². The molecule has 3 aromatic heterocycles. The molecule has 12 heteroatoms. The summed E-state index contributed by atoms with van der Waals surface area (Å²) >= 11 is 7.18. The maximum Gasteiger partial charge on any atom is 0.433 e. The molecule has 3 heterocycles. The van der Waals surface area contributed by atoms with E-state index in [0.29, 0.717) is 33.2 Å². The van der Waals surface area contributed by atoms with E-state index in [2.05, 4.69) is 15.3 Å². The summed E-state index contributed by atoms with van der Waals surface area (Å²) in [5.74, 6) is 0.00511. The molecule has 1 amide bonds. The van der Waals surface area contributed by atoms with Gasteiger partial charge in [0.1, 0.15) is 22.9 Å². The number of hydrogen-bond acceptors (Lipinski definition) is 6. The minimum atomic E-state index is -4.60. The maximum atomic E-state index is 13.0. The van der Waals surface area contributed by atoms with Gasteiger partial charge in [-0.15, -0.1) is 0 Å². The number of ether oxygens (including phenoxy) is 1. The summed E-state index contributed by atoms with van der Waals surface area (Å²) in [6, 6.07) is 17.8. The molecule has 7 nitrogen and oxygen atoms in total. The number of aromatic nitrogens is 3. The Balaban J connectivity index is 1.27. The summed E-state index contributed by atoms with van der Waals surface area (Å²) in [6.45, 7) is 2.11. The molecule has 1 N–H and O–H groups in total. The fourth-order valence-corrected chi connectivity index (χ4v) is 5.12. The van der Waals surface area contributed by atoms with E-state index in [9.17, 15) is 22.8 Å². The molecular weight excluding hydrogens is 565 g/mol. The number of hydrogen-bond donors (Lipinski definition) is 1. The Labute approximate surface area is 234 Å². The topological polar surface area (TPSA) is 86.1 Å². The lowest BCUT2D eigenvalue weighted by atomic mass is 10.1. The van der Waals surface area contributed by atoms with Crippen LogP contribution >= 0.6 is 22.9 Å². The summed E-state index contributed by atoms with van der Waals surface area (Å²) in [6.07, 6.45) is -3.10. The Hall–Kier alpha value is -4.22. The Morgan fingerprint density at radius 3 is 2.55 bits per heavy atom. The van der Waals surface area contributed by atoms with E-state index in [1.165, 1.54) is 22.9 Å². The average Bonchev–Trinajstić information content (AvgIpc) is 3.32. The summed E-state index contributed by atoms with van der Waals surface area (Å²) in [4.78, 5) is 33.9. The Morgan fingerprint density at radius 1 is 1.05 bits per heavy atom. The second-order valence-corrected chi connectivity index (χ2v) is 10.2. The van der Waals surface area contributed by atoms with Crippen LogP contribution in [0.15, 0.2) is 77.7 Å². The lowest BCUT2D eigenvalue weighted by Crippen LogP contribution is -2.22. The van der Waals surface area contributed by atoms with Gasteiger partial charge in [0, 0.05) is 24.2 Å². The third-order valence-electron chi connectivity index (χ3n) is 5.90. The van der Waals surface area contributed by atoms with Crippen LogP contribution in [0.2, 0.25) is 5.02 Å². The Morgan fingerprint density at radius 2 is 1.82 bits per heavy atom. The van der Waals surface area contributed by atoms with Crippen LogP contribution in [0.4, 0.5) is 13.2 Å². The number of alkyl halides is 3. The maximum absolute atomic E-state index is 13.0. The number of carbonyl (C=O) groups excluding carboxylic acids is 1. The predicted molar refractivity (Wildman–Crippen MR) is 146 cm³/mol. The normalized spacial score (nSPS) is 11.5. The zero-order valence-corrected chi connectivity index (χ0v) is 22.4. The highest BCUT2D eigenvalue weighted by molar-refractivity contribution is 7.16. The van der Waals surface area contributed by atoms with Gasteiger partial charge < -0.3 is 10.1 Å². The first kappa shape index (κ1) is 27.4. The third-order valence-corrected chi connectivity index (χ3v) is 7.37. The SMILES string of the molecule is Cc1nc(-n2ccc(OCc3ccc4nc(C(F)(F)F)cc(Cl)c4c3)cc2=O)sc1C(=O)NCc1ccccc1. The number of rotatable bonds is 7. The second-order valence-electron chi connectivity index (χ2n) is 8.78. The zero-order valence-electron chi connectivity index (χ0n) is 20.8. The van der Waals surface area contributed by atoms with Gasteiger partial charge >= 0.3 is 6.18 Å². The molecular formula is C28H20ClF3N4O3S. The van der Waals surface area contributed by atoms with Crippen molar-refractivity contribution in [2.45, 2.75) is 26.3 Å². The molecule has 0 atom stereocenters. The third kappa shape index (κ3) is 6.00. The second kappa shape index (κ2) is 11.1. The Kier molecular flexibility index (Phi) is 7.59. The van der Waals surface area contributed by atoms with Gasteiger partial charge in [-0.25, -0.2) is 9.97 Å². The number of thiazole rings is 1. The molecule has 0 spiro atoms. The predicted octanol–water partition coefficient (Wildman–Crippen LogP) is 6.33. The van der Waals surface area contributed by atoms with Crippen molar-refractivity contribution in [1.29, 1.82) is 0 Å². The van der Waals surface area contributed by atoms with E-state index in [4.69, 9.17) is 16.3 Å². The van der Waals surface area contributed by atoms with Gasteiger partial charge in [0.15, 0.2) is 5.13 Å². The summed E-state index contributed by atoms with van der Waals surface area (Å²) in [5.41, 5.74) is 0.728. The van der Waals surface area contributed by atoms with Gasteiger partial charge in [0.05, 0.1) is 16.2 Å². The van der Waals surface area contributed by atoms with Gasteiger partial charge in [-0.2, -0.15) is 13.2 Å². The molecule has 0 saturated heterocycles. The van der Waals surface area contributed by atoms with Crippen LogP contribution in [0.1, 0.15) is 32.2 Å². The van der Waals surface area contributed by atoms with Crippen LogP contribution in [-0.2, 0) is 19.3 Å². The van der Waals surface area contributed by atoms with E-state index in [-0.39, 0.29) is 28.8 Å². The van der Waals surface area contributed by atoms with Crippen LogP contribution in [0, 0.1) is 6.92 Å². The minimum Gasteiger partial charge on any atom is -0.489 e. The molecule has 204 valence electrons. The quantitative estimate of drug-likeness (QED) is 0.242. The number of amides is 1. The van der Waals surface area contributed by atoms with Crippen molar-refractivity contribution >= 4 is 39.7 Å². The number of nitrogens with one attached hydrogen (secondary N) is 1. The molecule has 0 saturated carbocycles. The first-order valence-corrected chi connectivity index (χ1v) is 13.1. The molecule has 0 aliphatic heterocycles. The molecule has 5 rings (SSSR count). The molecule has 2 aromatic carbocycles. The Bertz CT molecular complexity index is 1770. The zero-order chi connectivity index (χ0) is 28.4. The smallest absolute Gasteiger partial charge is 0.433 e. The van der Waals surface area contributed by atoms with Crippen LogP contribution < -0.4 is 15.6 Å². The summed E-state index contributed by atoms with van der Waals surface area (Å²) < 4.78 is 46.1. The van der Waals surface area contributed by atoms with Crippen LogP contribution in [0.5, 0.6) is 5.75 Å². The highest BCUT2D eigenvalue weighted by atomic mass is 35.5. The van der Waals surface area contributed by atoms with Crippen molar-refractivity contribution in [2.24, 2.45) is 0 Å². The van der Waals surface area contributed by atoms with Crippen molar-refractivity contribution < 1.29 is 22.7 Å². The van der Waals surface area contributed by atoms with Crippen molar-refractivity contribution in [3.8, 4) is 10.9 Å². The molecule has 0 fully saturated rings. The molecule has 5 aromatic rings. The number of benzene rings is 2. The molecule has 40 heavy (non-hydrogen) atoms. The monoisotopic (exact) mass is 584 g/mol. The van der Waals surface area contributed by atoms with E-state index >= 15 is 0 Å². The highest BCUT2D eigenvalue weighted by Crippen LogP contribution is 2.33. The van der Waals surface area contributed by atoms with E-state index in [0.717, 1.165) is 23.0 Å². The van der Waals surface area contributed by atoms with Crippen molar-refractivity contribution in [3.05, 3.63) is 116 Å². The molecule has 0 bridgehead atoms. The number of carbonyl (C=O) groups is 1. The fourth-order valence-electron chi connectivity index (χ4n) is 3.90. The van der Waals surface area contributed by atoms with Crippen LogP contribution in [-0.4, -0.2) is 20.4 Å². The largest absolute Gasteiger partial charge is 0.489 e. The van der Waals surface area contributed by atoms with Gasteiger partial charge in [-0.3, -0.25) is 14.2 Å². The number of nitrogens with zero attached hydrogens (tertiary/aromatic N) is 3. The van der Waals surface area contributed by atoms with Crippen molar-refractivity contribution in [1.82, 2.24) is 19.9 Å². The number of pyridine rings is 2. The number of halogens is 4. The van der Waals surface area contributed by atoms with Gasteiger partial charge in [-0.05, 0) is 42.3 Å². The molecule has 0 radical (unpaired) electrons. The van der Waals surface area contributed by atoms with Gasteiger partial charge in [0.25, 0.3) is 11.5 Å². The van der Waals surface area contributed by atoms with E-state index < -0.39 is 17.4 Å². The molecule has 0 aliphatic rings. The van der Waals surface area contributed by atoms with E-state index in [1.54, 1.807) is 25.1 Å². The van der Waals surface area contributed by atoms with Crippen molar-refractivity contribution in [3.63, 3.8) is 0 Å². The highest BCUT2D eigenvalue weighted by Gasteiger charge is 2.33. The van der Waals surface area contributed by atoms with Crippen LogP contribution in [0.3, 0.4) is 0 Å². The lowest BCUT2D eigenvalue weighted by Gasteiger charge is -2.11. The lowest BCUT2D eigenvalue weighted by molar-refractivity contribution is -0.140. The molecule has 0 unspecified atom stereocenters. The summed E-state index contributed by atoms with van der Waals surface area (Å²) in [5, 5.41) is 3.48. The number of aryl methyl sites for hydroxylation is 1. The summed E-state index contributed by atoms with van der Waals surface area (Å²) in [7, 11) is 0. The van der Waals surface area contributed by atoms with E-state index in [1.807, 2.05) is 30.3 Å². The first-order valence-electron chi connectivity index (χ1n) is 11.9.